The fourth-order valence-electron chi connectivity index (χ4n) is 3.07. The molecule has 2 N–H and O–H groups in total. The molecule has 146 valence electrons. The molecule has 2 aromatic heterocycles. The van der Waals surface area contributed by atoms with Crippen LogP contribution in [0.25, 0.3) is 11.0 Å². The molecular weight excluding hydrogens is 390 g/mol. The van der Waals surface area contributed by atoms with Crippen molar-refractivity contribution in [2.45, 2.75) is 0 Å². The first kappa shape index (κ1) is 18.8. The van der Waals surface area contributed by atoms with Gasteiger partial charge in [0.05, 0.1) is 14.2 Å². The minimum atomic E-state index is -0.147. The number of carbonyl (C=O) groups excluding carboxylic acids is 1. The van der Waals surface area contributed by atoms with Crippen molar-refractivity contribution in [1.82, 2.24) is 9.97 Å². The Labute approximate surface area is 172 Å². The molecule has 0 saturated carbocycles. The van der Waals surface area contributed by atoms with Gasteiger partial charge in [0, 0.05) is 39.5 Å². The van der Waals surface area contributed by atoms with Gasteiger partial charge in [-0.1, -0.05) is 17.7 Å². The van der Waals surface area contributed by atoms with Gasteiger partial charge in [0.25, 0.3) is 0 Å². The van der Waals surface area contributed by atoms with E-state index in [-0.39, 0.29) is 5.78 Å². The molecule has 0 aliphatic heterocycles. The second-order valence-electron chi connectivity index (χ2n) is 6.36. The van der Waals surface area contributed by atoms with Crippen molar-refractivity contribution in [3.63, 3.8) is 0 Å². The molecule has 4 rings (SSSR count). The zero-order chi connectivity index (χ0) is 20.4. The molecule has 29 heavy (non-hydrogen) atoms. The highest BCUT2D eigenvalue weighted by Gasteiger charge is 2.17. The number of halogens is 1. The molecule has 0 fully saturated rings. The van der Waals surface area contributed by atoms with Crippen molar-refractivity contribution in [3.05, 3.63) is 76.9 Å². The maximum absolute atomic E-state index is 13.1. The average molecular weight is 408 g/mol. The lowest BCUT2D eigenvalue weighted by Gasteiger charge is -2.08. The number of carbonyl (C=O) groups is 1. The Morgan fingerprint density at radius 1 is 1.03 bits per heavy atom. The number of nitrogens with one attached hydrogen (secondary N) is 2. The van der Waals surface area contributed by atoms with E-state index in [4.69, 9.17) is 21.1 Å². The smallest absolute Gasteiger partial charge is 0.195 e. The Kier molecular flexibility index (Phi) is 5.10. The molecule has 0 bridgehead atoms. The first-order valence-electron chi connectivity index (χ1n) is 8.86. The molecule has 0 saturated heterocycles. The second kappa shape index (κ2) is 7.85. The van der Waals surface area contributed by atoms with Gasteiger partial charge in [0.15, 0.2) is 5.78 Å². The number of ether oxygens (including phenoxy) is 2. The van der Waals surface area contributed by atoms with Gasteiger partial charge in [-0.3, -0.25) is 4.79 Å². The molecule has 0 unspecified atom stereocenters. The predicted molar refractivity (Wildman–Crippen MR) is 114 cm³/mol. The molecule has 0 spiro atoms. The summed E-state index contributed by atoms with van der Waals surface area (Å²) in [5, 5.41) is 4.57. The number of hydrogen-bond donors (Lipinski definition) is 2. The standard InChI is InChI=1S/C22H18ClN3O3/c1-28-16-8-13(9-17(11-16)29-2)21(27)19-12-24-22-18(19)6-7-20(26-22)25-15-5-3-4-14(23)10-15/h3-12H,1-2H3,(H2,24,25,26). The molecule has 6 nitrogen and oxygen atoms in total. The zero-order valence-electron chi connectivity index (χ0n) is 15.8. The number of aromatic nitrogens is 2. The lowest BCUT2D eigenvalue weighted by molar-refractivity contribution is 0.103. The van der Waals surface area contributed by atoms with E-state index in [9.17, 15) is 4.79 Å². The van der Waals surface area contributed by atoms with Gasteiger partial charge in [0.2, 0.25) is 0 Å². The number of ketones is 1. The van der Waals surface area contributed by atoms with Crippen LogP contribution >= 0.6 is 11.6 Å². The fourth-order valence-corrected chi connectivity index (χ4v) is 3.26. The molecule has 0 atom stereocenters. The van der Waals surface area contributed by atoms with E-state index in [1.165, 1.54) is 0 Å². The van der Waals surface area contributed by atoms with E-state index in [1.54, 1.807) is 44.7 Å². The SMILES string of the molecule is COc1cc(OC)cc(C(=O)c2c[nH]c3nc(Nc4cccc(Cl)c4)ccc23)c1. The van der Waals surface area contributed by atoms with E-state index >= 15 is 0 Å². The summed E-state index contributed by atoms with van der Waals surface area (Å²) in [5.74, 6) is 1.60. The molecule has 2 heterocycles. The first-order valence-corrected chi connectivity index (χ1v) is 9.23. The monoisotopic (exact) mass is 407 g/mol. The molecule has 7 heteroatoms. The Hall–Kier alpha value is -3.51. The van der Waals surface area contributed by atoms with Crippen LogP contribution in [-0.4, -0.2) is 30.0 Å². The minimum absolute atomic E-state index is 0.147. The van der Waals surface area contributed by atoms with Crippen molar-refractivity contribution in [3.8, 4) is 11.5 Å². The van der Waals surface area contributed by atoms with E-state index in [2.05, 4.69) is 15.3 Å². The number of aromatic amines is 1. The maximum atomic E-state index is 13.1. The highest BCUT2D eigenvalue weighted by atomic mass is 35.5. The Balaban J connectivity index is 1.66. The lowest BCUT2D eigenvalue weighted by atomic mass is 10.0. The summed E-state index contributed by atoms with van der Waals surface area (Å²) in [7, 11) is 3.10. The lowest BCUT2D eigenvalue weighted by Crippen LogP contribution is -2.02. The van der Waals surface area contributed by atoms with Gasteiger partial charge in [-0.2, -0.15) is 0 Å². The summed E-state index contributed by atoms with van der Waals surface area (Å²) in [4.78, 5) is 20.7. The number of rotatable bonds is 6. The minimum Gasteiger partial charge on any atom is -0.497 e. The van der Waals surface area contributed by atoms with Crippen molar-refractivity contribution >= 4 is 39.9 Å². The third-order valence-electron chi connectivity index (χ3n) is 4.49. The zero-order valence-corrected chi connectivity index (χ0v) is 16.6. The van der Waals surface area contributed by atoms with Crippen LogP contribution in [0.4, 0.5) is 11.5 Å². The van der Waals surface area contributed by atoms with Crippen LogP contribution in [0, 0.1) is 0 Å². The number of nitrogens with zero attached hydrogens (tertiary/aromatic N) is 1. The number of anilines is 2. The highest BCUT2D eigenvalue weighted by Crippen LogP contribution is 2.28. The van der Waals surface area contributed by atoms with Crippen molar-refractivity contribution in [2.75, 3.05) is 19.5 Å². The molecule has 0 amide bonds. The first-order chi connectivity index (χ1) is 14.1. The Morgan fingerprint density at radius 2 is 1.79 bits per heavy atom. The second-order valence-corrected chi connectivity index (χ2v) is 6.80. The third-order valence-corrected chi connectivity index (χ3v) is 4.73. The Bertz CT molecular complexity index is 1180. The van der Waals surface area contributed by atoms with Gasteiger partial charge in [0.1, 0.15) is 23.0 Å². The largest absolute Gasteiger partial charge is 0.497 e. The Morgan fingerprint density at radius 3 is 2.48 bits per heavy atom. The van der Waals surface area contributed by atoms with Gasteiger partial charge in [-0.05, 0) is 42.5 Å². The van der Waals surface area contributed by atoms with Crippen LogP contribution in [0.5, 0.6) is 11.5 Å². The van der Waals surface area contributed by atoms with E-state index in [1.807, 2.05) is 30.3 Å². The van der Waals surface area contributed by atoms with Crippen LogP contribution in [0.3, 0.4) is 0 Å². The summed E-state index contributed by atoms with van der Waals surface area (Å²) in [6.07, 6.45) is 1.66. The predicted octanol–water partition coefficient (Wildman–Crippen LogP) is 5.21. The number of methoxy groups -OCH3 is 2. The van der Waals surface area contributed by atoms with E-state index in [0.29, 0.717) is 39.1 Å². The summed E-state index contributed by atoms with van der Waals surface area (Å²) < 4.78 is 10.5. The van der Waals surface area contributed by atoms with Gasteiger partial charge < -0.3 is 19.8 Å². The maximum Gasteiger partial charge on any atom is 0.195 e. The molecule has 4 aromatic rings. The summed E-state index contributed by atoms with van der Waals surface area (Å²) in [6.45, 7) is 0. The van der Waals surface area contributed by atoms with Crippen LogP contribution in [0.15, 0.2) is 60.8 Å². The van der Waals surface area contributed by atoms with Gasteiger partial charge >= 0.3 is 0 Å². The number of H-pyrrole nitrogens is 1. The fraction of sp³-hybridized carbons (Fsp3) is 0.0909. The quantitative estimate of drug-likeness (QED) is 0.429. The molecule has 0 aliphatic rings. The third kappa shape index (κ3) is 3.88. The highest BCUT2D eigenvalue weighted by molar-refractivity contribution is 6.30. The number of hydrogen-bond acceptors (Lipinski definition) is 5. The van der Waals surface area contributed by atoms with Crippen molar-refractivity contribution in [2.24, 2.45) is 0 Å². The topological polar surface area (TPSA) is 76.2 Å². The average Bonchev–Trinajstić information content (AvgIpc) is 3.16. The normalized spacial score (nSPS) is 10.7. The van der Waals surface area contributed by atoms with Crippen LogP contribution < -0.4 is 14.8 Å². The van der Waals surface area contributed by atoms with Crippen molar-refractivity contribution < 1.29 is 14.3 Å². The van der Waals surface area contributed by atoms with Crippen LogP contribution in [0.2, 0.25) is 5.02 Å². The number of pyridine rings is 1. The molecule has 0 aliphatic carbocycles. The van der Waals surface area contributed by atoms with Gasteiger partial charge in [-0.25, -0.2) is 4.98 Å². The van der Waals surface area contributed by atoms with E-state index < -0.39 is 0 Å². The summed E-state index contributed by atoms with van der Waals surface area (Å²) in [6, 6.07) is 16.2. The van der Waals surface area contributed by atoms with E-state index in [0.717, 1.165) is 11.1 Å². The number of benzene rings is 2. The molecule has 0 radical (unpaired) electrons. The van der Waals surface area contributed by atoms with Crippen LogP contribution in [-0.2, 0) is 0 Å². The van der Waals surface area contributed by atoms with Crippen molar-refractivity contribution in [1.29, 1.82) is 0 Å². The molecular formula is C22H18ClN3O3. The van der Waals surface area contributed by atoms with Gasteiger partial charge in [-0.15, -0.1) is 0 Å². The summed E-state index contributed by atoms with van der Waals surface area (Å²) in [5.41, 5.74) is 2.44. The number of fused-ring (bicyclic) bond motifs is 1. The molecule has 2 aromatic carbocycles. The summed E-state index contributed by atoms with van der Waals surface area (Å²) >= 11 is 6.02. The van der Waals surface area contributed by atoms with Crippen LogP contribution in [0.1, 0.15) is 15.9 Å².